The zero-order valence-electron chi connectivity index (χ0n) is 40.0. The summed E-state index contributed by atoms with van der Waals surface area (Å²) in [5.74, 6) is -1.57. The van der Waals surface area contributed by atoms with Crippen molar-refractivity contribution in [2.45, 2.75) is 187 Å². The highest BCUT2D eigenvalue weighted by Gasteiger charge is 2.31. The number of esters is 2. The number of likely N-dealkylation sites (N-methyl/N-ethyl adjacent to an activating group) is 1. The highest BCUT2D eigenvalue weighted by Crippen LogP contribution is 2.12. The first-order valence-corrected chi connectivity index (χ1v) is 24.3. The molecule has 1 N–H and O–H groups in total. The van der Waals surface area contributed by atoms with Gasteiger partial charge in [-0.3, -0.25) is 9.59 Å². The van der Waals surface area contributed by atoms with Crippen LogP contribution in [0.15, 0.2) is 97.2 Å². The number of nitrogens with zero attached hydrogens (tertiary/aromatic N) is 1. The van der Waals surface area contributed by atoms with E-state index in [1.54, 1.807) is 0 Å². The lowest BCUT2D eigenvalue weighted by molar-refractivity contribution is -0.887. The molecule has 0 spiro atoms. The number of hydrogen-bond donors (Lipinski definition) is 1. The Labute approximate surface area is 379 Å². The summed E-state index contributed by atoms with van der Waals surface area (Å²) < 4.78 is 17.2. The monoisotopic (exact) mass is 865 g/mol. The summed E-state index contributed by atoms with van der Waals surface area (Å²) in [4.78, 5) is 37.1. The van der Waals surface area contributed by atoms with Gasteiger partial charge in [-0.1, -0.05) is 169 Å². The average molecular weight is 865 g/mol. The molecule has 62 heavy (non-hydrogen) atoms. The molecule has 8 heteroatoms. The van der Waals surface area contributed by atoms with Crippen molar-refractivity contribution in [1.29, 1.82) is 0 Å². The Hall–Kier alpha value is -3.75. The first kappa shape index (κ1) is 58.2. The number of hydrogen-bond acceptors (Lipinski definition) is 6. The number of ether oxygens (including phenoxy) is 3. The van der Waals surface area contributed by atoms with E-state index in [2.05, 4.69) is 111 Å². The molecule has 0 saturated carbocycles. The fourth-order valence-electron chi connectivity index (χ4n) is 6.51. The van der Waals surface area contributed by atoms with Crippen LogP contribution in [-0.4, -0.2) is 80.6 Å². The Morgan fingerprint density at radius 3 is 1.47 bits per heavy atom. The topological polar surface area (TPSA) is 99.1 Å². The number of unbranched alkanes of at least 4 members (excludes halogenated alkanes) is 13. The maximum Gasteiger partial charge on any atom is 0.362 e. The van der Waals surface area contributed by atoms with Crippen molar-refractivity contribution in [3.8, 4) is 0 Å². The molecule has 0 aromatic rings. The van der Waals surface area contributed by atoms with Gasteiger partial charge in [-0.15, -0.1) is 0 Å². The molecule has 2 atom stereocenters. The van der Waals surface area contributed by atoms with Gasteiger partial charge >= 0.3 is 17.9 Å². The van der Waals surface area contributed by atoms with Crippen LogP contribution in [0.5, 0.6) is 0 Å². The molecule has 0 aromatic carbocycles. The van der Waals surface area contributed by atoms with Gasteiger partial charge in [0.15, 0.2) is 12.1 Å². The van der Waals surface area contributed by atoms with E-state index in [-0.39, 0.29) is 42.7 Å². The van der Waals surface area contributed by atoms with Crippen LogP contribution in [-0.2, 0) is 28.6 Å². The SMILES string of the molecule is CC/C=C/C/C=C/C/C=C/C/C=C/C/C=C/C/C=C/CCCC(=O)OC(COCCC(C(=O)O)[N+](C)(C)C)COC(=O)CCCCCCC/C=C/C=C/CCCCCCCCC. The maximum absolute atomic E-state index is 12.7. The Morgan fingerprint density at radius 2 is 0.968 bits per heavy atom. The maximum atomic E-state index is 12.7. The van der Waals surface area contributed by atoms with Gasteiger partial charge in [0, 0.05) is 19.3 Å². The van der Waals surface area contributed by atoms with Crippen LogP contribution in [0.4, 0.5) is 0 Å². The second-order valence-electron chi connectivity index (χ2n) is 17.0. The first-order chi connectivity index (χ1) is 30.1. The van der Waals surface area contributed by atoms with Crippen molar-refractivity contribution in [3.05, 3.63) is 97.2 Å². The summed E-state index contributed by atoms with van der Waals surface area (Å²) in [5, 5.41) is 9.64. The van der Waals surface area contributed by atoms with E-state index in [1.165, 1.54) is 51.4 Å². The van der Waals surface area contributed by atoms with Crippen LogP contribution in [0.1, 0.15) is 174 Å². The molecule has 0 heterocycles. The van der Waals surface area contributed by atoms with Crippen LogP contribution in [0, 0.1) is 0 Å². The lowest BCUT2D eigenvalue weighted by atomic mass is 10.1. The van der Waals surface area contributed by atoms with Gasteiger partial charge in [0.1, 0.15) is 6.61 Å². The second kappa shape index (κ2) is 43.9. The normalized spacial score (nSPS) is 13.8. The predicted octanol–water partition coefficient (Wildman–Crippen LogP) is 13.9. The van der Waals surface area contributed by atoms with Gasteiger partial charge < -0.3 is 23.8 Å². The lowest BCUT2D eigenvalue weighted by Gasteiger charge is -2.31. The van der Waals surface area contributed by atoms with E-state index in [1.807, 2.05) is 21.1 Å². The minimum atomic E-state index is -0.890. The number of carboxylic acid groups (broad SMARTS) is 1. The highest BCUT2D eigenvalue weighted by atomic mass is 16.6. The summed E-state index contributed by atoms with van der Waals surface area (Å²) in [5.41, 5.74) is 0. The molecule has 0 rings (SSSR count). The van der Waals surface area contributed by atoms with E-state index < -0.39 is 18.1 Å². The third-order valence-corrected chi connectivity index (χ3v) is 10.2. The van der Waals surface area contributed by atoms with Crippen molar-refractivity contribution in [2.75, 3.05) is 41.0 Å². The zero-order valence-corrected chi connectivity index (χ0v) is 40.0. The molecule has 352 valence electrons. The Balaban J connectivity index is 4.45. The number of quaternary nitrogens is 1. The van der Waals surface area contributed by atoms with Crippen LogP contribution in [0.25, 0.3) is 0 Å². The summed E-state index contributed by atoms with van der Waals surface area (Å²) in [6.45, 7) is 4.53. The van der Waals surface area contributed by atoms with Crippen molar-refractivity contribution in [1.82, 2.24) is 0 Å². The number of carbonyl (C=O) groups is 3. The van der Waals surface area contributed by atoms with E-state index in [9.17, 15) is 19.5 Å². The summed E-state index contributed by atoms with van der Waals surface area (Å²) >= 11 is 0. The molecule has 2 unspecified atom stereocenters. The quantitative estimate of drug-likeness (QED) is 0.0214. The van der Waals surface area contributed by atoms with Gasteiger partial charge in [0.25, 0.3) is 0 Å². The van der Waals surface area contributed by atoms with Crippen molar-refractivity contribution >= 4 is 17.9 Å². The third kappa shape index (κ3) is 41.6. The van der Waals surface area contributed by atoms with E-state index in [0.717, 1.165) is 83.5 Å². The summed E-state index contributed by atoms with van der Waals surface area (Å²) in [7, 11) is 5.50. The van der Waals surface area contributed by atoms with Crippen LogP contribution < -0.4 is 0 Å². The number of carbonyl (C=O) groups excluding carboxylic acids is 2. The molecular weight excluding hydrogens is 775 g/mol. The molecule has 0 radical (unpaired) electrons. The molecular formula is C54H90NO7+. The molecule has 0 saturated heterocycles. The smallest absolute Gasteiger partial charge is 0.362 e. The molecule has 0 aromatic heterocycles. The number of carboxylic acids is 1. The number of allylic oxidation sites excluding steroid dienone is 16. The van der Waals surface area contributed by atoms with E-state index >= 15 is 0 Å². The fraction of sp³-hybridized carbons (Fsp3) is 0.648. The molecule has 0 fully saturated rings. The van der Waals surface area contributed by atoms with Crippen LogP contribution >= 0.6 is 0 Å². The average Bonchev–Trinajstić information content (AvgIpc) is 3.23. The number of rotatable bonds is 42. The second-order valence-corrected chi connectivity index (χ2v) is 17.0. The van der Waals surface area contributed by atoms with Gasteiger partial charge in [-0.2, -0.15) is 0 Å². The van der Waals surface area contributed by atoms with E-state index in [0.29, 0.717) is 19.3 Å². The molecule has 0 amide bonds. The Morgan fingerprint density at radius 1 is 0.516 bits per heavy atom. The minimum Gasteiger partial charge on any atom is -0.477 e. The minimum absolute atomic E-state index is 0.0269. The Bertz CT molecular complexity index is 1330. The highest BCUT2D eigenvalue weighted by molar-refractivity contribution is 5.72. The molecule has 0 bridgehead atoms. The van der Waals surface area contributed by atoms with Crippen molar-refractivity contribution < 1.29 is 38.2 Å². The molecule has 0 aliphatic rings. The van der Waals surface area contributed by atoms with Crippen LogP contribution in [0.2, 0.25) is 0 Å². The van der Waals surface area contributed by atoms with Crippen molar-refractivity contribution in [3.63, 3.8) is 0 Å². The standard InChI is InChI=1S/C54H89NO7/c1-6-8-10-12-14-16-18-20-22-24-26-27-29-31-33-35-37-39-41-43-45-53(57)62-50(48-60-47-46-51(54(58)59)55(3,4)5)49-61-52(56)44-42-40-38-36-34-32-30-28-25-23-21-19-17-15-13-11-9-7-2/h8,10,14,16,20,22-23,25-28,30-31,33,37,39,50-51H,6-7,9,11-13,15,17-19,21,24,29,32,34-36,38,40-49H2,1-5H3/p+1/b10-8+,16-14+,22-20+,25-23+,27-26+,30-28+,33-31+,39-37+. The predicted molar refractivity (Wildman–Crippen MR) is 261 cm³/mol. The molecule has 0 aliphatic heterocycles. The summed E-state index contributed by atoms with van der Waals surface area (Å²) in [6.07, 6.45) is 58.9. The van der Waals surface area contributed by atoms with Crippen LogP contribution in [0.3, 0.4) is 0 Å². The van der Waals surface area contributed by atoms with Gasteiger partial charge in [0.2, 0.25) is 0 Å². The Kier molecular flexibility index (Phi) is 41.2. The van der Waals surface area contributed by atoms with Gasteiger partial charge in [-0.05, 0) is 83.5 Å². The summed E-state index contributed by atoms with van der Waals surface area (Å²) in [6, 6.07) is -0.633. The van der Waals surface area contributed by atoms with Gasteiger partial charge in [-0.25, -0.2) is 4.79 Å². The van der Waals surface area contributed by atoms with E-state index in [4.69, 9.17) is 14.2 Å². The molecule has 8 nitrogen and oxygen atoms in total. The zero-order chi connectivity index (χ0) is 45.6. The third-order valence-electron chi connectivity index (χ3n) is 10.2. The van der Waals surface area contributed by atoms with Gasteiger partial charge in [0.05, 0.1) is 34.4 Å². The first-order valence-electron chi connectivity index (χ1n) is 24.3. The fourth-order valence-corrected chi connectivity index (χ4v) is 6.51. The lowest BCUT2D eigenvalue weighted by Crippen LogP contribution is -2.50. The largest absolute Gasteiger partial charge is 0.477 e. The van der Waals surface area contributed by atoms with Crippen molar-refractivity contribution in [2.24, 2.45) is 0 Å². The number of aliphatic carboxylic acids is 1. The molecule has 0 aliphatic carbocycles.